The van der Waals surface area contributed by atoms with Crippen molar-refractivity contribution in [2.45, 2.75) is 13.3 Å². The summed E-state index contributed by atoms with van der Waals surface area (Å²) < 4.78 is 0. The molecule has 0 fully saturated rings. The average Bonchev–Trinajstić information content (AvgIpc) is 2.81. The molecule has 18 heavy (non-hydrogen) atoms. The number of anilines is 3. The van der Waals surface area contributed by atoms with E-state index in [1.54, 1.807) is 11.3 Å². The zero-order valence-electron chi connectivity index (χ0n) is 9.97. The Morgan fingerprint density at radius 2 is 2.22 bits per heavy atom. The molecule has 2 N–H and O–H groups in total. The molecular weight excluding hydrogens is 246 g/mol. The number of nitrogens with zero attached hydrogens (tertiary/aromatic N) is 3. The molecule has 0 aliphatic carbocycles. The molecule has 0 unspecified atom stereocenters. The summed E-state index contributed by atoms with van der Waals surface area (Å²) in [6, 6.07) is 7.89. The first-order valence-corrected chi connectivity index (χ1v) is 6.43. The quantitative estimate of drug-likeness (QED) is 0.808. The third-order valence-corrected chi connectivity index (χ3v) is 2.94. The number of aromatic nitrogens is 2. The molecule has 0 radical (unpaired) electrons. The van der Waals surface area contributed by atoms with Crippen LogP contribution in [0, 0.1) is 18.3 Å². The van der Waals surface area contributed by atoms with E-state index < -0.39 is 0 Å². The van der Waals surface area contributed by atoms with Crippen molar-refractivity contribution in [2.24, 2.45) is 0 Å². The highest BCUT2D eigenvalue weighted by Gasteiger charge is 2.02. The molecule has 2 rings (SSSR count). The van der Waals surface area contributed by atoms with Crippen LogP contribution in [-0.4, -0.2) is 16.5 Å². The van der Waals surface area contributed by atoms with Crippen molar-refractivity contribution in [3.8, 4) is 6.07 Å². The minimum absolute atomic E-state index is 0.455. The lowest BCUT2D eigenvalue weighted by molar-refractivity contribution is 1.01. The Balaban J connectivity index is 2.09. The van der Waals surface area contributed by atoms with Gasteiger partial charge in [0.25, 0.3) is 0 Å². The van der Waals surface area contributed by atoms with E-state index in [0.29, 0.717) is 18.8 Å². The topological polar surface area (TPSA) is 73.6 Å². The third-order valence-electron chi connectivity index (χ3n) is 2.15. The Hall–Kier alpha value is -2.13. The number of hydrogen-bond acceptors (Lipinski definition) is 6. The predicted octanol–water partition coefficient (Wildman–Crippen LogP) is 2.92. The maximum absolute atomic E-state index is 8.49. The molecule has 0 aliphatic heterocycles. The maximum atomic E-state index is 8.49. The van der Waals surface area contributed by atoms with Crippen LogP contribution in [0.2, 0.25) is 0 Å². The van der Waals surface area contributed by atoms with Gasteiger partial charge in [-0.25, -0.2) is 9.97 Å². The van der Waals surface area contributed by atoms with Crippen LogP contribution in [0.3, 0.4) is 0 Å². The summed E-state index contributed by atoms with van der Waals surface area (Å²) in [5.74, 6) is 2.18. The Labute approximate surface area is 110 Å². The molecule has 0 aliphatic rings. The Morgan fingerprint density at radius 3 is 2.94 bits per heavy atom. The molecule has 2 heterocycles. The first-order chi connectivity index (χ1) is 8.78. The van der Waals surface area contributed by atoms with Gasteiger partial charge in [-0.15, -0.1) is 11.3 Å². The van der Waals surface area contributed by atoms with Crippen LogP contribution in [0.15, 0.2) is 23.6 Å². The summed E-state index contributed by atoms with van der Waals surface area (Å²) in [5.41, 5.74) is 0. The molecule has 0 aromatic carbocycles. The SMILES string of the molecule is Cc1nc(NCCC#N)cc(Nc2cccs2)n1. The second kappa shape index (κ2) is 5.98. The molecule has 92 valence electrons. The fraction of sp³-hybridized carbons (Fsp3) is 0.250. The number of nitrogens with one attached hydrogen (secondary N) is 2. The minimum atomic E-state index is 0.455. The van der Waals surface area contributed by atoms with Gasteiger partial charge in [-0.1, -0.05) is 0 Å². The van der Waals surface area contributed by atoms with Gasteiger partial charge < -0.3 is 10.6 Å². The van der Waals surface area contributed by atoms with E-state index >= 15 is 0 Å². The van der Waals surface area contributed by atoms with E-state index in [1.807, 2.05) is 30.5 Å². The lowest BCUT2D eigenvalue weighted by atomic mass is 10.4. The highest BCUT2D eigenvalue weighted by molar-refractivity contribution is 7.14. The first-order valence-electron chi connectivity index (χ1n) is 5.55. The van der Waals surface area contributed by atoms with Crippen molar-refractivity contribution in [2.75, 3.05) is 17.2 Å². The summed E-state index contributed by atoms with van der Waals surface area (Å²) in [6.07, 6.45) is 0.455. The van der Waals surface area contributed by atoms with E-state index in [9.17, 15) is 0 Å². The van der Waals surface area contributed by atoms with Crippen LogP contribution in [0.4, 0.5) is 16.6 Å². The molecule has 5 nitrogen and oxygen atoms in total. The summed E-state index contributed by atoms with van der Waals surface area (Å²) in [5, 5.41) is 17.8. The second-order valence-corrected chi connectivity index (χ2v) is 4.57. The number of nitriles is 1. The molecule has 0 saturated heterocycles. The molecule has 2 aromatic rings. The summed E-state index contributed by atoms with van der Waals surface area (Å²) in [7, 11) is 0. The molecule has 0 atom stereocenters. The monoisotopic (exact) mass is 259 g/mol. The standard InChI is InChI=1S/C12H13N5S/c1-9-15-10(14-6-3-5-13)8-11(16-9)17-12-4-2-7-18-12/h2,4,7-8H,3,6H2,1H3,(H2,14,15,16,17). The van der Waals surface area contributed by atoms with Gasteiger partial charge in [0.2, 0.25) is 0 Å². The van der Waals surface area contributed by atoms with Crippen molar-refractivity contribution in [3.63, 3.8) is 0 Å². The molecule has 6 heteroatoms. The van der Waals surface area contributed by atoms with Crippen LogP contribution >= 0.6 is 11.3 Å². The number of rotatable bonds is 5. The third kappa shape index (κ3) is 3.43. The molecule has 2 aromatic heterocycles. The van der Waals surface area contributed by atoms with Gasteiger partial charge in [-0.3, -0.25) is 0 Å². The maximum Gasteiger partial charge on any atom is 0.136 e. The van der Waals surface area contributed by atoms with Gasteiger partial charge >= 0.3 is 0 Å². The fourth-order valence-corrected chi connectivity index (χ4v) is 2.07. The molecular formula is C12H13N5S. The summed E-state index contributed by atoms with van der Waals surface area (Å²) in [6.45, 7) is 2.43. The van der Waals surface area contributed by atoms with Crippen LogP contribution < -0.4 is 10.6 Å². The first kappa shape index (κ1) is 12.3. The molecule has 0 bridgehead atoms. The summed E-state index contributed by atoms with van der Waals surface area (Å²) in [4.78, 5) is 8.58. The van der Waals surface area contributed by atoms with Crippen molar-refractivity contribution in [1.82, 2.24) is 9.97 Å². The van der Waals surface area contributed by atoms with Crippen LogP contribution in [0.1, 0.15) is 12.2 Å². The number of thiophene rings is 1. The number of aryl methyl sites for hydroxylation is 1. The van der Waals surface area contributed by atoms with Gasteiger partial charge in [-0.05, 0) is 24.4 Å². The lowest BCUT2D eigenvalue weighted by Crippen LogP contribution is -2.05. The van der Waals surface area contributed by atoms with Gasteiger partial charge in [0.1, 0.15) is 17.5 Å². The average molecular weight is 259 g/mol. The smallest absolute Gasteiger partial charge is 0.136 e. The van der Waals surface area contributed by atoms with Crippen molar-refractivity contribution < 1.29 is 0 Å². The predicted molar refractivity (Wildman–Crippen MR) is 73.1 cm³/mol. The Morgan fingerprint density at radius 1 is 1.39 bits per heavy atom. The van der Waals surface area contributed by atoms with Gasteiger partial charge in [0.05, 0.1) is 17.5 Å². The van der Waals surface area contributed by atoms with Gasteiger partial charge in [0.15, 0.2) is 0 Å². The fourth-order valence-electron chi connectivity index (χ4n) is 1.44. The lowest BCUT2D eigenvalue weighted by Gasteiger charge is -2.08. The highest BCUT2D eigenvalue weighted by Crippen LogP contribution is 2.21. The number of hydrogen-bond donors (Lipinski definition) is 2. The van der Waals surface area contributed by atoms with E-state index in [4.69, 9.17) is 5.26 Å². The van der Waals surface area contributed by atoms with E-state index in [0.717, 1.165) is 16.6 Å². The van der Waals surface area contributed by atoms with Crippen molar-refractivity contribution in [1.29, 1.82) is 5.26 Å². The van der Waals surface area contributed by atoms with Gasteiger partial charge in [0, 0.05) is 12.6 Å². The van der Waals surface area contributed by atoms with E-state index in [2.05, 4.69) is 26.7 Å². The zero-order valence-corrected chi connectivity index (χ0v) is 10.8. The van der Waals surface area contributed by atoms with Crippen molar-refractivity contribution >= 4 is 28.0 Å². The summed E-state index contributed by atoms with van der Waals surface area (Å²) >= 11 is 1.62. The Bertz CT molecular complexity index is 544. The van der Waals surface area contributed by atoms with Crippen molar-refractivity contribution in [3.05, 3.63) is 29.4 Å². The second-order valence-electron chi connectivity index (χ2n) is 3.62. The van der Waals surface area contributed by atoms with Gasteiger partial charge in [-0.2, -0.15) is 5.26 Å². The molecule has 0 amide bonds. The zero-order chi connectivity index (χ0) is 12.8. The van der Waals surface area contributed by atoms with Crippen LogP contribution in [-0.2, 0) is 0 Å². The van der Waals surface area contributed by atoms with Crippen LogP contribution in [0.5, 0.6) is 0 Å². The van der Waals surface area contributed by atoms with E-state index in [-0.39, 0.29) is 0 Å². The Kier molecular flexibility index (Phi) is 4.10. The largest absolute Gasteiger partial charge is 0.369 e. The van der Waals surface area contributed by atoms with Crippen LogP contribution in [0.25, 0.3) is 0 Å². The molecule has 0 saturated carbocycles. The minimum Gasteiger partial charge on any atom is -0.369 e. The normalized spacial score (nSPS) is 9.78. The van der Waals surface area contributed by atoms with E-state index in [1.165, 1.54) is 0 Å². The highest BCUT2D eigenvalue weighted by atomic mass is 32.1. The molecule has 0 spiro atoms.